The van der Waals surface area contributed by atoms with Gasteiger partial charge >= 0.3 is 0 Å². The molecule has 1 aromatic carbocycles. The van der Waals surface area contributed by atoms with Gasteiger partial charge in [-0.1, -0.05) is 17.7 Å². The van der Waals surface area contributed by atoms with Gasteiger partial charge in [0.25, 0.3) is 5.91 Å². The van der Waals surface area contributed by atoms with Crippen LogP contribution in [-0.4, -0.2) is 35.6 Å². The molecule has 4 N–H and O–H groups in total. The van der Waals surface area contributed by atoms with Gasteiger partial charge in [0.15, 0.2) is 5.65 Å². The zero-order valence-corrected chi connectivity index (χ0v) is 19.8. The Bertz CT molecular complexity index is 1500. The summed E-state index contributed by atoms with van der Waals surface area (Å²) < 4.78 is 1.81. The Morgan fingerprint density at radius 1 is 1.27 bits per heavy atom. The standard InChI is InChI=1S/C22H21ClN8OS/c1-22(2,3)31-20-15(19(24)27-10-28-20)17(30-31)18-16(23)12-5-4-11(8-13(12)29-18)21(32)26-9-14-25-6-7-33-14/h4-8,10,29H,9H2,1-3H3,(H,26,32)(H2,24,27,28). The van der Waals surface area contributed by atoms with E-state index in [1.807, 2.05) is 36.9 Å². The summed E-state index contributed by atoms with van der Waals surface area (Å²) in [6, 6.07) is 5.33. The third kappa shape index (κ3) is 3.70. The number of nitrogens with zero attached hydrogens (tertiary/aromatic N) is 5. The summed E-state index contributed by atoms with van der Waals surface area (Å²) in [5.74, 6) is 0.127. The van der Waals surface area contributed by atoms with E-state index in [1.165, 1.54) is 17.7 Å². The topological polar surface area (TPSA) is 127 Å². The number of H-pyrrole nitrogens is 1. The number of nitrogen functional groups attached to an aromatic ring is 1. The summed E-state index contributed by atoms with van der Waals surface area (Å²) in [5, 5.41) is 12.3. The zero-order chi connectivity index (χ0) is 23.3. The van der Waals surface area contributed by atoms with Gasteiger partial charge in [0.05, 0.1) is 28.2 Å². The first-order valence-corrected chi connectivity index (χ1v) is 11.5. The van der Waals surface area contributed by atoms with Crippen LogP contribution >= 0.6 is 22.9 Å². The van der Waals surface area contributed by atoms with Crippen LogP contribution in [0.3, 0.4) is 0 Å². The summed E-state index contributed by atoms with van der Waals surface area (Å²) in [6.45, 7) is 6.47. The number of fused-ring (bicyclic) bond motifs is 2. The van der Waals surface area contributed by atoms with Crippen molar-refractivity contribution in [2.45, 2.75) is 32.9 Å². The molecule has 11 heteroatoms. The molecule has 4 aromatic heterocycles. The molecule has 5 aromatic rings. The molecule has 5 rings (SSSR count). The molecule has 9 nitrogen and oxygen atoms in total. The van der Waals surface area contributed by atoms with Crippen molar-refractivity contribution in [1.82, 2.24) is 35.0 Å². The number of benzene rings is 1. The van der Waals surface area contributed by atoms with Crippen molar-refractivity contribution < 1.29 is 4.79 Å². The van der Waals surface area contributed by atoms with Gasteiger partial charge < -0.3 is 16.0 Å². The van der Waals surface area contributed by atoms with Crippen molar-refractivity contribution in [3.63, 3.8) is 0 Å². The Morgan fingerprint density at radius 2 is 2.09 bits per heavy atom. The highest BCUT2D eigenvalue weighted by Gasteiger charge is 2.26. The molecule has 0 fully saturated rings. The number of aromatic amines is 1. The number of nitrogens with two attached hydrogens (primary N) is 1. The Kier molecular flexibility index (Phi) is 5.06. The Balaban J connectivity index is 1.58. The largest absolute Gasteiger partial charge is 0.383 e. The monoisotopic (exact) mass is 480 g/mol. The SMILES string of the molecule is CC(C)(C)n1nc(-c2[nH]c3cc(C(=O)NCc4nccs4)ccc3c2Cl)c2c(N)ncnc21. The fraction of sp³-hybridized carbons (Fsp3) is 0.227. The first kappa shape index (κ1) is 21.4. The first-order valence-electron chi connectivity index (χ1n) is 10.2. The van der Waals surface area contributed by atoms with Gasteiger partial charge in [0.1, 0.15) is 22.8 Å². The lowest BCUT2D eigenvalue weighted by atomic mass is 10.1. The second-order valence-corrected chi connectivity index (χ2v) is 9.93. The summed E-state index contributed by atoms with van der Waals surface area (Å²) in [4.78, 5) is 28.7. The van der Waals surface area contributed by atoms with Gasteiger partial charge in [-0.25, -0.2) is 19.6 Å². The zero-order valence-electron chi connectivity index (χ0n) is 18.2. The molecule has 33 heavy (non-hydrogen) atoms. The van der Waals surface area contributed by atoms with Crippen molar-refractivity contribution in [2.24, 2.45) is 0 Å². The molecule has 0 saturated heterocycles. The van der Waals surface area contributed by atoms with Crippen LogP contribution in [-0.2, 0) is 12.1 Å². The van der Waals surface area contributed by atoms with Gasteiger partial charge in [-0.15, -0.1) is 11.3 Å². The molecule has 168 valence electrons. The number of carbonyl (C=O) groups is 1. The highest BCUT2D eigenvalue weighted by Crippen LogP contribution is 2.39. The minimum absolute atomic E-state index is 0.195. The molecule has 0 spiro atoms. The second-order valence-electron chi connectivity index (χ2n) is 8.57. The molecular formula is C22H21ClN8OS. The highest BCUT2D eigenvalue weighted by atomic mass is 35.5. The number of rotatable bonds is 4. The van der Waals surface area contributed by atoms with E-state index >= 15 is 0 Å². The van der Waals surface area contributed by atoms with E-state index in [1.54, 1.807) is 18.3 Å². The van der Waals surface area contributed by atoms with Gasteiger partial charge in [0.2, 0.25) is 0 Å². The van der Waals surface area contributed by atoms with Gasteiger partial charge in [-0.2, -0.15) is 5.10 Å². The maximum Gasteiger partial charge on any atom is 0.251 e. The molecule has 0 radical (unpaired) electrons. The molecule has 0 atom stereocenters. The van der Waals surface area contributed by atoms with Gasteiger partial charge in [-0.05, 0) is 32.9 Å². The van der Waals surface area contributed by atoms with Crippen LogP contribution in [0, 0.1) is 0 Å². The first-order chi connectivity index (χ1) is 15.7. The summed E-state index contributed by atoms with van der Waals surface area (Å²) in [5.41, 5.74) is 8.89. The molecule has 1 amide bonds. The van der Waals surface area contributed by atoms with Crippen molar-refractivity contribution >= 4 is 56.6 Å². The van der Waals surface area contributed by atoms with E-state index in [2.05, 4.69) is 25.3 Å². The van der Waals surface area contributed by atoms with Crippen LogP contribution in [0.15, 0.2) is 36.1 Å². The summed E-state index contributed by atoms with van der Waals surface area (Å²) >= 11 is 8.25. The maximum absolute atomic E-state index is 12.6. The number of thiazole rings is 1. The predicted octanol–water partition coefficient (Wildman–Crippen LogP) is 4.35. The van der Waals surface area contributed by atoms with Crippen LogP contribution in [0.25, 0.3) is 33.3 Å². The van der Waals surface area contributed by atoms with Crippen LogP contribution in [0.4, 0.5) is 5.82 Å². The number of anilines is 1. The Hall–Kier alpha value is -3.50. The van der Waals surface area contributed by atoms with Crippen LogP contribution in [0.5, 0.6) is 0 Å². The summed E-state index contributed by atoms with van der Waals surface area (Å²) in [7, 11) is 0. The number of carbonyl (C=O) groups excluding carboxylic acids is 1. The fourth-order valence-electron chi connectivity index (χ4n) is 3.68. The molecule has 4 heterocycles. The lowest BCUT2D eigenvalue weighted by Crippen LogP contribution is -2.23. The number of hydrogen-bond acceptors (Lipinski definition) is 7. The lowest BCUT2D eigenvalue weighted by molar-refractivity contribution is 0.0951. The van der Waals surface area contributed by atoms with Crippen molar-refractivity contribution in [3.8, 4) is 11.4 Å². The smallest absolute Gasteiger partial charge is 0.251 e. The molecule has 0 bridgehead atoms. The van der Waals surface area contributed by atoms with Gasteiger partial charge in [-0.3, -0.25) is 4.79 Å². The third-order valence-electron chi connectivity index (χ3n) is 5.25. The van der Waals surface area contributed by atoms with E-state index in [0.717, 1.165) is 10.4 Å². The van der Waals surface area contributed by atoms with Crippen molar-refractivity contribution in [3.05, 3.63) is 51.7 Å². The maximum atomic E-state index is 12.6. The van der Waals surface area contributed by atoms with E-state index in [4.69, 9.17) is 22.4 Å². The second kappa shape index (κ2) is 7.82. The Labute approximate surface area is 198 Å². The molecule has 0 aliphatic rings. The molecule has 0 aliphatic carbocycles. The highest BCUT2D eigenvalue weighted by molar-refractivity contribution is 7.09. The average Bonchev–Trinajstić information content (AvgIpc) is 3.49. The van der Waals surface area contributed by atoms with Crippen molar-refractivity contribution in [2.75, 3.05) is 5.73 Å². The normalized spacial score (nSPS) is 12.0. The summed E-state index contributed by atoms with van der Waals surface area (Å²) in [6.07, 6.45) is 3.14. The average molecular weight is 481 g/mol. The Morgan fingerprint density at radius 3 is 2.82 bits per heavy atom. The number of halogens is 1. The van der Waals surface area contributed by atoms with Crippen LogP contribution < -0.4 is 11.1 Å². The quantitative estimate of drug-likeness (QED) is 0.351. The van der Waals surface area contributed by atoms with E-state index < -0.39 is 0 Å². The molecule has 0 aliphatic heterocycles. The van der Waals surface area contributed by atoms with Gasteiger partial charge in [0, 0.05) is 28.0 Å². The lowest BCUT2D eigenvalue weighted by Gasteiger charge is -2.19. The number of hydrogen-bond donors (Lipinski definition) is 3. The third-order valence-corrected chi connectivity index (χ3v) is 6.42. The van der Waals surface area contributed by atoms with E-state index in [0.29, 0.717) is 50.9 Å². The van der Waals surface area contributed by atoms with E-state index in [9.17, 15) is 4.79 Å². The van der Waals surface area contributed by atoms with Crippen LogP contribution in [0.1, 0.15) is 36.1 Å². The van der Waals surface area contributed by atoms with Crippen LogP contribution in [0.2, 0.25) is 5.02 Å². The van der Waals surface area contributed by atoms with E-state index in [-0.39, 0.29) is 11.4 Å². The predicted molar refractivity (Wildman–Crippen MR) is 130 cm³/mol. The fourth-order valence-corrected chi connectivity index (χ4v) is 4.54. The van der Waals surface area contributed by atoms with Crippen molar-refractivity contribution in [1.29, 1.82) is 0 Å². The number of nitrogens with one attached hydrogen (secondary N) is 2. The number of aromatic nitrogens is 6. The molecule has 0 saturated carbocycles. The molecule has 0 unspecified atom stereocenters. The minimum atomic E-state index is -0.335. The molecular weight excluding hydrogens is 460 g/mol. The minimum Gasteiger partial charge on any atom is -0.383 e. The number of amides is 1.